The van der Waals surface area contributed by atoms with E-state index in [4.69, 9.17) is 15.2 Å². The molecule has 1 aliphatic carbocycles. The first-order chi connectivity index (χ1) is 11.2. The number of nitrogens with one attached hydrogen (secondary N) is 1. The van der Waals surface area contributed by atoms with E-state index in [-0.39, 0.29) is 0 Å². The maximum Gasteiger partial charge on any atom is 0.189 e. The van der Waals surface area contributed by atoms with Crippen molar-refractivity contribution in [2.45, 2.75) is 58.0 Å². The van der Waals surface area contributed by atoms with Gasteiger partial charge in [0.25, 0.3) is 0 Å². The molecule has 0 aliphatic heterocycles. The zero-order chi connectivity index (χ0) is 16.5. The second-order valence-electron chi connectivity index (χ2n) is 5.95. The van der Waals surface area contributed by atoms with Gasteiger partial charge < -0.3 is 20.5 Å². The molecule has 0 radical (unpaired) electrons. The molecular weight excluding hydrogens is 290 g/mol. The van der Waals surface area contributed by atoms with Gasteiger partial charge >= 0.3 is 0 Å². The Kier molecular flexibility index (Phi) is 7.04. The van der Waals surface area contributed by atoms with Crippen LogP contribution in [0.3, 0.4) is 0 Å². The Morgan fingerprint density at radius 2 is 1.96 bits per heavy atom. The smallest absolute Gasteiger partial charge is 0.189 e. The quantitative estimate of drug-likeness (QED) is 0.480. The van der Waals surface area contributed by atoms with E-state index in [2.05, 4.69) is 10.3 Å². The van der Waals surface area contributed by atoms with E-state index < -0.39 is 0 Å². The third kappa shape index (κ3) is 5.66. The Hall–Kier alpha value is -1.91. The van der Waals surface area contributed by atoms with E-state index >= 15 is 0 Å². The number of benzene rings is 1. The Morgan fingerprint density at radius 1 is 1.22 bits per heavy atom. The van der Waals surface area contributed by atoms with Gasteiger partial charge in [0.2, 0.25) is 0 Å². The molecule has 0 aromatic heterocycles. The van der Waals surface area contributed by atoms with Crippen LogP contribution in [-0.2, 0) is 6.54 Å². The summed E-state index contributed by atoms with van der Waals surface area (Å²) in [5.41, 5.74) is 7.09. The minimum atomic E-state index is 0.469. The largest absolute Gasteiger partial charge is 0.493 e. The van der Waals surface area contributed by atoms with Gasteiger partial charge in [0.05, 0.1) is 20.3 Å². The molecule has 2 rings (SSSR count). The maximum atomic E-state index is 6.03. The first-order valence-corrected chi connectivity index (χ1v) is 8.59. The number of methoxy groups -OCH3 is 1. The molecule has 0 saturated heterocycles. The fraction of sp³-hybridized carbons (Fsp3) is 0.611. The fourth-order valence-corrected chi connectivity index (χ4v) is 2.94. The number of hydrogen-bond donors (Lipinski definition) is 2. The second-order valence-corrected chi connectivity index (χ2v) is 5.95. The van der Waals surface area contributed by atoms with Crippen molar-refractivity contribution in [3.8, 4) is 11.5 Å². The molecule has 0 unspecified atom stereocenters. The Labute approximate surface area is 139 Å². The molecule has 0 amide bonds. The second kappa shape index (κ2) is 9.28. The van der Waals surface area contributed by atoms with Crippen molar-refractivity contribution in [2.24, 2.45) is 10.7 Å². The average molecular weight is 319 g/mol. The van der Waals surface area contributed by atoms with Gasteiger partial charge in [-0.05, 0) is 37.5 Å². The van der Waals surface area contributed by atoms with Crippen LogP contribution in [0.2, 0.25) is 0 Å². The molecule has 128 valence electrons. The summed E-state index contributed by atoms with van der Waals surface area (Å²) in [5, 5.41) is 3.36. The fourth-order valence-electron chi connectivity index (χ4n) is 2.94. The zero-order valence-electron chi connectivity index (χ0n) is 14.3. The number of guanidine groups is 1. The van der Waals surface area contributed by atoms with Crippen molar-refractivity contribution in [2.75, 3.05) is 13.7 Å². The van der Waals surface area contributed by atoms with Gasteiger partial charge in [0, 0.05) is 6.04 Å². The highest BCUT2D eigenvalue weighted by Gasteiger charge is 2.12. The van der Waals surface area contributed by atoms with E-state index in [1.54, 1.807) is 7.11 Å². The van der Waals surface area contributed by atoms with Crippen molar-refractivity contribution in [3.05, 3.63) is 23.8 Å². The van der Waals surface area contributed by atoms with Crippen molar-refractivity contribution < 1.29 is 9.47 Å². The molecule has 1 aliphatic rings. The highest BCUT2D eigenvalue weighted by molar-refractivity contribution is 5.78. The molecule has 0 heterocycles. The van der Waals surface area contributed by atoms with Gasteiger partial charge in [0.15, 0.2) is 17.5 Å². The number of hydrogen-bond acceptors (Lipinski definition) is 3. The standard InChI is InChI=1S/C18H29N3O2/c1-3-23-16-11-10-14(12-17(16)22-2)13-20-18(19)21-15-8-6-4-5-7-9-15/h10-12,15H,3-9,13H2,1-2H3,(H3,19,20,21). The van der Waals surface area contributed by atoms with Crippen LogP contribution < -0.4 is 20.5 Å². The molecular formula is C18H29N3O2. The van der Waals surface area contributed by atoms with Crippen LogP contribution in [0.1, 0.15) is 51.0 Å². The molecule has 1 aromatic carbocycles. The van der Waals surface area contributed by atoms with Gasteiger partial charge in [-0.3, -0.25) is 0 Å². The zero-order valence-corrected chi connectivity index (χ0v) is 14.3. The molecule has 1 aromatic rings. The highest BCUT2D eigenvalue weighted by atomic mass is 16.5. The van der Waals surface area contributed by atoms with Crippen molar-refractivity contribution >= 4 is 5.96 Å². The van der Waals surface area contributed by atoms with Crippen LogP contribution in [0.4, 0.5) is 0 Å². The first kappa shape index (κ1) is 17.4. The molecule has 0 spiro atoms. The summed E-state index contributed by atoms with van der Waals surface area (Å²) in [7, 11) is 1.65. The first-order valence-electron chi connectivity index (χ1n) is 8.59. The number of aliphatic imine (C=N–C) groups is 1. The highest BCUT2D eigenvalue weighted by Crippen LogP contribution is 2.28. The van der Waals surface area contributed by atoms with Crippen LogP contribution in [0.25, 0.3) is 0 Å². The molecule has 5 heteroatoms. The van der Waals surface area contributed by atoms with Gasteiger partial charge in [-0.25, -0.2) is 4.99 Å². The van der Waals surface area contributed by atoms with Crippen LogP contribution in [0, 0.1) is 0 Å². The number of nitrogens with zero attached hydrogens (tertiary/aromatic N) is 1. The van der Waals surface area contributed by atoms with E-state index in [0.717, 1.165) is 17.1 Å². The maximum absolute atomic E-state index is 6.03. The molecule has 1 fully saturated rings. The monoisotopic (exact) mass is 319 g/mol. The summed E-state index contributed by atoms with van der Waals surface area (Å²) in [6.45, 7) is 3.11. The normalized spacial score (nSPS) is 16.7. The molecule has 0 atom stereocenters. The van der Waals surface area contributed by atoms with Gasteiger partial charge in [-0.1, -0.05) is 31.7 Å². The van der Waals surface area contributed by atoms with E-state index in [1.807, 2.05) is 25.1 Å². The van der Waals surface area contributed by atoms with E-state index in [0.29, 0.717) is 25.2 Å². The van der Waals surface area contributed by atoms with Crippen LogP contribution in [0.5, 0.6) is 11.5 Å². The van der Waals surface area contributed by atoms with Crippen molar-refractivity contribution in [1.82, 2.24) is 5.32 Å². The summed E-state index contributed by atoms with van der Waals surface area (Å²) in [6.07, 6.45) is 7.60. The summed E-state index contributed by atoms with van der Waals surface area (Å²) >= 11 is 0. The Morgan fingerprint density at radius 3 is 2.61 bits per heavy atom. The van der Waals surface area contributed by atoms with Gasteiger partial charge in [-0.15, -0.1) is 0 Å². The topological polar surface area (TPSA) is 68.9 Å². The van der Waals surface area contributed by atoms with Crippen molar-refractivity contribution in [3.63, 3.8) is 0 Å². The lowest BCUT2D eigenvalue weighted by molar-refractivity contribution is 0.310. The molecule has 23 heavy (non-hydrogen) atoms. The molecule has 5 nitrogen and oxygen atoms in total. The third-order valence-electron chi connectivity index (χ3n) is 4.17. The average Bonchev–Trinajstić information content (AvgIpc) is 2.82. The number of nitrogens with two attached hydrogens (primary N) is 1. The Balaban J connectivity index is 1.92. The van der Waals surface area contributed by atoms with Crippen LogP contribution >= 0.6 is 0 Å². The lowest BCUT2D eigenvalue weighted by atomic mass is 10.1. The molecule has 1 saturated carbocycles. The lowest BCUT2D eigenvalue weighted by Gasteiger charge is -2.16. The molecule has 0 bridgehead atoms. The minimum Gasteiger partial charge on any atom is -0.493 e. The minimum absolute atomic E-state index is 0.469. The van der Waals surface area contributed by atoms with Crippen LogP contribution in [0.15, 0.2) is 23.2 Å². The van der Waals surface area contributed by atoms with Gasteiger partial charge in [-0.2, -0.15) is 0 Å². The summed E-state index contributed by atoms with van der Waals surface area (Å²) < 4.78 is 10.9. The van der Waals surface area contributed by atoms with Crippen LogP contribution in [-0.4, -0.2) is 25.7 Å². The SMILES string of the molecule is CCOc1ccc(CN=C(N)NC2CCCCCC2)cc1OC. The number of ether oxygens (including phenoxy) is 2. The third-order valence-corrected chi connectivity index (χ3v) is 4.17. The Bertz CT molecular complexity index is 509. The number of rotatable bonds is 6. The predicted molar refractivity (Wildman–Crippen MR) is 94.1 cm³/mol. The van der Waals surface area contributed by atoms with E-state index in [1.165, 1.54) is 38.5 Å². The summed E-state index contributed by atoms with van der Waals surface area (Å²) in [4.78, 5) is 4.46. The summed E-state index contributed by atoms with van der Waals surface area (Å²) in [6, 6.07) is 6.34. The van der Waals surface area contributed by atoms with Gasteiger partial charge in [0.1, 0.15) is 0 Å². The predicted octanol–water partition coefficient (Wildman–Crippen LogP) is 3.22. The van der Waals surface area contributed by atoms with Crippen molar-refractivity contribution in [1.29, 1.82) is 0 Å². The summed E-state index contributed by atoms with van der Waals surface area (Å²) in [5.74, 6) is 2.02. The molecule has 3 N–H and O–H groups in total. The lowest BCUT2D eigenvalue weighted by Crippen LogP contribution is -2.39. The van der Waals surface area contributed by atoms with E-state index in [9.17, 15) is 0 Å².